The maximum Gasteiger partial charge on any atom is 0.191 e. The SMILES string of the molecule is CCNC(=NCCCc1cnn(C)c1)NCCc1c[nH]c2cc(C)ccc12. The lowest BCUT2D eigenvalue weighted by atomic mass is 10.1. The number of aromatic nitrogens is 3. The molecule has 0 atom stereocenters. The highest BCUT2D eigenvalue weighted by molar-refractivity contribution is 5.84. The Morgan fingerprint density at radius 2 is 2.15 bits per heavy atom. The average Bonchev–Trinajstić information content (AvgIpc) is 3.24. The second-order valence-corrected chi connectivity index (χ2v) is 6.93. The summed E-state index contributed by atoms with van der Waals surface area (Å²) in [6.07, 6.45) is 9.09. The van der Waals surface area contributed by atoms with Crippen molar-refractivity contribution >= 4 is 16.9 Å². The van der Waals surface area contributed by atoms with Crippen molar-refractivity contribution in [2.24, 2.45) is 12.0 Å². The highest BCUT2D eigenvalue weighted by atomic mass is 15.2. The average molecular weight is 367 g/mol. The Bertz CT molecular complexity index is 889. The largest absolute Gasteiger partial charge is 0.361 e. The molecule has 3 aromatic rings. The van der Waals surface area contributed by atoms with E-state index in [1.165, 1.54) is 27.6 Å². The number of hydrogen-bond donors (Lipinski definition) is 3. The lowest BCUT2D eigenvalue weighted by Gasteiger charge is -2.11. The van der Waals surface area contributed by atoms with Crippen LogP contribution in [-0.4, -0.2) is 40.4 Å². The zero-order valence-electron chi connectivity index (χ0n) is 16.5. The maximum absolute atomic E-state index is 4.69. The molecule has 6 nitrogen and oxygen atoms in total. The van der Waals surface area contributed by atoms with Gasteiger partial charge in [0, 0.05) is 50.0 Å². The molecular formula is C21H30N6. The Balaban J connectivity index is 1.48. The number of aryl methyl sites for hydroxylation is 3. The number of aromatic amines is 1. The van der Waals surface area contributed by atoms with Crippen LogP contribution in [-0.2, 0) is 19.9 Å². The minimum absolute atomic E-state index is 0.802. The van der Waals surface area contributed by atoms with Crippen LogP contribution in [0.4, 0.5) is 0 Å². The number of aliphatic imine (C=N–C) groups is 1. The van der Waals surface area contributed by atoms with Crippen molar-refractivity contribution in [3.63, 3.8) is 0 Å². The van der Waals surface area contributed by atoms with Crippen molar-refractivity contribution in [1.29, 1.82) is 0 Å². The molecule has 0 aliphatic rings. The fourth-order valence-electron chi connectivity index (χ4n) is 3.24. The van der Waals surface area contributed by atoms with Crippen molar-refractivity contribution in [1.82, 2.24) is 25.4 Å². The summed E-state index contributed by atoms with van der Waals surface area (Å²) in [5.41, 5.74) is 5.09. The van der Waals surface area contributed by atoms with Gasteiger partial charge < -0.3 is 15.6 Å². The Labute approximate surface area is 161 Å². The molecule has 0 amide bonds. The van der Waals surface area contributed by atoms with Crippen LogP contribution in [0.15, 0.2) is 41.8 Å². The zero-order valence-corrected chi connectivity index (χ0v) is 16.5. The highest BCUT2D eigenvalue weighted by Gasteiger charge is 2.04. The minimum atomic E-state index is 0.802. The van der Waals surface area contributed by atoms with Gasteiger partial charge in [0.25, 0.3) is 0 Å². The van der Waals surface area contributed by atoms with E-state index in [9.17, 15) is 0 Å². The number of hydrogen-bond acceptors (Lipinski definition) is 2. The third kappa shape index (κ3) is 5.36. The molecule has 0 radical (unpaired) electrons. The summed E-state index contributed by atoms with van der Waals surface area (Å²) < 4.78 is 1.84. The third-order valence-corrected chi connectivity index (χ3v) is 4.61. The van der Waals surface area contributed by atoms with E-state index in [-0.39, 0.29) is 0 Å². The van der Waals surface area contributed by atoms with Gasteiger partial charge in [0.1, 0.15) is 0 Å². The molecule has 0 unspecified atom stereocenters. The Hall–Kier alpha value is -2.76. The Kier molecular flexibility index (Phi) is 6.52. The first-order valence-electron chi connectivity index (χ1n) is 9.72. The fraction of sp³-hybridized carbons (Fsp3) is 0.429. The molecule has 3 N–H and O–H groups in total. The monoisotopic (exact) mass is 366 g/mol. The molecule has 3 rings (SSSR count). The van der Waals surface area contributed by atoms with Gasteiger partial charge in [-0.05, 0) is 55.9 Å². The molecular weight excluding hydrogens is 336 g/mol. The molecule has 0 aliphatic carbocycles. The first kappa shape index (κ1) is 19.0. The van der Waals surface area contributed by atoms with Gasteiger partial charge in [0.05, 0.1) is 6.20 Å². The first-order chi connectivity index (χ1) is 13.2. The predicted molar refractivity (Wildman–Crippen MR) is 112 cm³/mol. The molecule has 0 spiro atoms. The lowest BCUT2D eigenvalue weighted by Crippen LogP contribution is -2.38. The summed E-state index contributed by atoms with van der Waals surface area (Å²) in [6.45, 7) is 6.73. The third-order valence-electron chi connectivity index (χ3n) is 4.61. The van der Waals surface area contributed by atoms with Gasteiger partial charge in [-0.2, -0.15) is 5.10 Å². The number of benzene rings is 1. The van der Waals surface area contributed by atoms with Crippen LogP contribution in [0.5, 0.6) is 0 Å². The normalized spacial score (nSPS) is 11.9. The number of guanidine groups is 1. The van der Waals surface area contributed by atoms with Crippen molar-refractivity contribution < 1.29 is 0 Å². The number of nitrogens with one attached hydrogen (secondary N) is 3. The van der Waals surface area contributed by atoms with E-state index in [4.69, 9.17) is 0 Å². The van der Waals surface area contributed by atoms with Crippen molar-refractivity contribution in [3.05, 3.63) is 53.5 Å². The van der Waals surface area contributed by atoms with E-state index in [0.29, 0.717) is 0 Å². The summed E-state index contributed by atoms with van der Waals surface area (Å²) >= 11 is 0. The number of H-pyrrole nitrogens is 1. The zero-order chi connectivity index (χ0) is 19.1. The van der Waals surface area contributed by atoms with Gasteiger partial charge in [0.2, 0.25) is 0 Å². The van der Waals surface area contributed by atoms with Crippen molar-refractivity contribution in [2.75, 3.05) is 19.6 Å². The summed E-state index contributed by atoms with van der Waals surface area (Å²) in [4.78, 5) is 8.06. The molecule has 144 valence electrons. The van der Waals surface area contributed by atoms with E-state index in [0.717, 1.165) is 44.9 Å². The van der Waals surface area contributed by atoms with Gasteiger partial charge in [0.15, 0.2) is 5.96 Å². The second-order valence-electron chi connectivity index (χ2n) is 6.93. The molecule has 0 bridgehead atoms. The molecule has 0 saturated carbocycles. The molecule has 0 fully saturated rings. The fourth-order valence-corrected chi connectivity index (χ4v) is 3.24. The molecule has 6 heteroatoms. The molecule has 0 aliphatic heterocycles. The summed E-state index contributed by atoms with van der Waals surface area (Å²) in [5, 5.41) is 12.3. The Morgan fingerprint density at radius 1 is 1.26 bits per heavy atom. The van der Waals surface area contributed by atoms with Crippen LogP contribution in [0.25, 0.3) is 10.9 Å². The van der Waals surface area contributed by atoms with Gasteiger partial charge in [-0.3, -0.25) is 9.67 Å². The van der Waals surface area contributed by atoms with Crippen molar-refractivity contribution in [3.8, 4) is 0 Å². The highest BCUT2D eigenvalue weighted by Crippen LogP contribution is 2.19. The number of rotatable bonds is 8. The maximum atomic E-state index is 4.69. The van der Waals surface area contributed by atoms with Crippen LogP contribution in [0.1, 0.15) is 30.0 Å². The molecule has 0 saturated heterocycles. The summed E-state index contributed by atoms with van der Waals surface area (Å²) in [6, 6.07) is 6.56. The minimum Gasteiger partial charge on any atom is -0.361 e. The van der Waals surface area contributed by atoms with Crippen LogP contribution < -0.4 is 10.6 Å². The van der Waals surface area contributed by atoms with E-state index in [1.54, 1.807) is 0 Å². The van der Waals surface area contributed by atoms with E-state index >= 15 is 0 Å². The molecule has 2 heterocycles. The molecule has 27 heavy (non-hydrogen) atoms. The van der Waals surface area contributed by atoms with Crippen LogP contribution in [0, 0.1) is 6.92 Å². The van der Waals surface area contributed by atoms with Crippen molar-refractivity contribution in [2.45, 2.75) is 33.1 Å². The standard InChI is InChI=1S/C21H30N6/c1-4-22-21(23-10-5-6-17-13-26-27(3)15-17)24-11-9-18-14-25-20-12-16(2)7-8-19(18)20/h7-8,12-15,25H,4-6,9-11H2,1-3H3,(H2,22,23,24). The lowest BCUT2D eigenvalue weighted by molar-refractivity contribution is 0.763. The molecule has 2 aromatic heterocycles. The van der Waals surface area contributed by atoms with E-state index in [1.807, 2.05) is 17.9 Å². The Morgan fingerprint density at radius 3 is 2.93 bits per heavy atom. The number of nitrogens with zero attached hydrogens (tertiary/aromatic N) is 3. The molecule has 1 aromatic carbocycles. The van der Waals surface area contributed by atoms with Gasteiger partial charge in [-0.1, -0.05) is 12.1 Å². The topological polar surface area (TPSA) is 70.0 Å². The van der Waals surface area contributed by atoms with Gasteiger partial charge >= 0.3 is 0 Å². The van der Waals surface area contributed by atoms with Gasteiger partial charge in [-0.25, -0.2) is 0 Å². The summed E-state index contributed by atoms with van der Waals surface area (Å²) in [7, 11) is 1.95. The smallest absolute Gasteiger partial charge is 0.191 e. The van der Waals surface area contributed by atoms with E-state index < -0.39 is 0 Å². The summed E-state index contributed by atoms with van der Waals surface area (Å²) in [5.74, 6) is 0.888. The first-order valence-corrected chi connectivity index (χ1v) is 9.72. The van der Waals surface area contributed by atoms with Crippen LogP contribution in [0.2, 0.25) is 0 Å². The second kappa shape index (κ2) is 9.26. The van der Waals surface area contributed by atoms with Crippen LogP contribution in [0.3, 0.4) is 0 Å². The van der Waals surface area contributed by atoms with E-state index in [2.05, 4.69) is 70.1 Å². The van der Waals surface area contributed by atoms with Gasteiger partial charge in [-0.15, -0.1) is 0 Å². The van der Waals surface area contributed by atoms with Crippen LogP contribution >= 0.6 is 0 Å². The number of fused-ring (bicyclic) bond motifs is 1. The quantitative estimate of drug-likeness (QED) is 0.326. The predicted octanol–water partition coefficient (Wildman–Crippen LogP) is 2.94.